The van der Waals surface area contributed by atoms with Crippen molar-refractivity contribution in [2.75, 3.05) is 26.2 Å². The second kappa shape index (κ2) is 8.15. The molecule has 1 unspecified atom stereocenters. The zero-order chi connectivity index (χ0) is 18.5. The Labute approximate surface area is 154 Å². The minimum absolute atomic E-state index is 0.0235. The zero-order valence-electron chi connectivity index (χ0n) is 15.1. The van der Waals surface area contributed by atoms with Crippen LogP contribution in [-0.4, -0.2) is 47.8 Å². The van der Waals surface area contributed by atoms with Crippen molar-refractivity contribution in [3.63, 3.8) is 0 Å². The molecule has 1 aliphatic heterocycles. The Kier molecular flexibility index (Phi) is 5.68. The summed E-state index contributed by atoms with van der Waals surface area (Å²) in [6.07, 6.45) is 0.755. The molecule has 1 fully saturated rings. The Morgan fingerprint density at radius 1 is 0.923 bits per heavy atom. The molecule has 3 rings (SSSR count). The number of hydrogen-bond donors (Lipinski definition) is 1. The molecule has 5 nitrogen and oxygen atoms in total. The summed E-state index contributed by atoms with van der Waals surface area (Å²) in [6.45, 7) is 4.29. The molecule has 2 amide bonds. The summed E-state index contributed by atoms with van der Waals surface area (Å²) in [5.41, 5.74) is 8.73. The molecule has 2 aromatic rings. The summed E-state index contributed by atoms with van der Waals surface area (Å²) in [4.78, 5) is 29.1. The number of nitrogens with zero attached hydrogens (tertiary/aromatic N) is 2. The SMILES string of the molecule is Cc1cccc(C(=O)N2CCCN(C(=O)C(N)c3ccccc3)CC2)c1. The van der Waals surface area contributed by atoms with Crippen molar-refractivity contribution in [1.82, 2.24) is 9.80 Å². The summed E-state index contributed by atoms with van der Waals surface area (Å²) < 4.78 is 0. The number of benzene rings is 2. The lowest BCUT2D eigenvalue weighted by Crippen LogP contribution is -2.41. The number of amides is 2. The number of aryl methyl sites for hydroxylation is 1. The summed E-state index contributed by atoms with van der Waals surface area (Å²) in [5, 5.41) is 0. The average molecular weight is 351 g/mol. The molecule has 0 spiro atoms. The third kappa shape index (κ3) is 4.11. The number of nitrogens with two attached hydrogens (primary N) is 1. The maximum absolute atomic E-state index is 12.7. The number of rotatable bonds is 3. The van der Waals surface area contributed by atoms with Crippen molar-refractivity contribution in [2.24, 2.45) is 5.73 Å². The second-order valence-corrected chi connectivity index (χ2v) is 6.73. The molecule has 0 bridgehead atoms. The Morgan fingerprint density at radius 2 is 1.62 bits per heavy atom. The average Bonchev–Trinajstić information content (AvgIpc) is 2.93. The van der Waals surface area contributed by atoms with E-state index < -0.39 is 6.04 Å². The van der Waals surface area contributed by atoms with Crippen LogP contribution in [0.5, 0.6) is 0 Å². The lowest BCUT2D eigenvalue weighted by atomic mass is 10.1. The first-order valence-corrected chi connectivity index (χ1v) is 9.01. The molecule has 2 aromatic carbocycles. The van der Waals surface area contributed by atoms with E-state index in [0.29, 0.717) is 31.7 Å². The van der Waals surface area contributed by atoms with Gasteiger partial charge in [-0.3, -0.25) is 9.59 Å². The van der Waals surface area contributed by atoms with Gasteiger partial charge in [-0.25, -0.2) is 0 Å². The maximum Gasteiger partial charge on any atom is 0.253 e. The second-order valence-electron chi connectivity index (χ2n) is 6.73. The van der Waals surface area contributed by atoms with Crippen LogP contribution in [0.1, 0.15) is 33.9 Å². The van der Waals surface area contributed by atoms with Gasteiger partial charge in [0.2, 0.25) is 5.91 Å². The van der Waals surface area contributed by atoms with Gasteiger partial charge in [0, 0.05) is 31.7 Å². The van der Waals surface area contributed by atoms with Gasteiger partial charge in [-0.1, -0.05) is 48.0 Å². The molecule has 26 heavy (non-hydrogen) atoms. The van der Waals surface area contributed by atoms with E-state index >= 15 is 0 Å². The first-order valence-electron chi connectivity index (χ1n) is 9.01. The van der Waals surface area contributed by atoms with Crippen molar-refractivity contribution in [3.05, 3.63) is 71.3 Å². The van der Waals surface area contributed by atoms with E-state index in [1.807, 2.05) is 66.4 Å². The van der Waals surface area contributed by atoms with Gasteiger partial charge in [-0.15, -0.1) is 0 Å². The molecule has 1 heterocycles. The highest BCUT2D eigenvalue weighted by molar-refractivity contribution is 5.94. The smallest absolute Gasteiger partial charge is 0.253 e. The molecule has 0 saturated carbocycles. The van der Waals surface area contributed by atoms with Crippen LogP contribution in [0.2, 0.25) is 0 Å². The van der Waals surface area contributed by atoms with Crippen LogP contribution >= 0.6 is 0 Å². The van der Waals surface area contributed by atoms with Crippen molar-refractivity contribution in [3.8, 4) is 0 Å². The van der Waals surface area contributed by atoms with Crippen LogP contribution in [-0.2, 0) is 4.79 Å². The van der Waals surface area contributed by atoms with Crippen molar-refractivity contribution < 1.29 is 9.59 Å². The van der Waals surface area contributed by atoms with Crippen LogP contribution in [0, 0.1) is 6.92 Å². The first-order chi connectivity index (χ1) is 12.6. The van der Waals surface area contributed by atoms with Crippen LogP contribution in [0.15, 0.2) is 54.6 Å². The topological polar surface area (TPSA) is 66.6 Å². The van der Waals surface area contributed by atoms with E-state index in [0.717, 1.165) is 17.5 Å². The minimum Gasteiger partial charge on any atom is -0.339 e. The quantitative estimate of drug-likeness (QED) is 0.923. The Bertz CT molecular complexity index is 776. The third-order valence-corrected chi connectivity index (χ3v) is 4.78. The maximum atomic E-state index is 12.7. The lowest BCUT2D eigenvalue weighted by molar-refractivity contribution is -0.132. The molecule has 0 aromatic heterocycles. The van der Waals surface area contributed by atoms with Gasteiger partial charge in [-0.05, 0) is 31.0 Å². The van der Waals surface area contributed by atoms with Crippen LogP contribution < -0.4 is 5.73 Å². The van der Waals surface area contributed by atoms with Crippen molar-refractivity contribution in [2.45, 2.75) is 19.4 Å². The van der Waals surface area contributed by atoms with Gasteiger partial charge in [-0.2, -0.15) is 0 Å². The summed E-state index contributed by atoms with van der Waals surface area (Å²) in [5.74, 6) is -0.0589. The molecular formula is C21H25N3O2. The Balaban J connectivity index is 1.64. The highest BCUT2D eigenvalue weighted by Crippen LogP contribution is 2.16. The Morgan fingerprint density at radius 3 is 2.35 bits per heavy atom. The molecular weight excluding hydrogens is 326 g/mol. The van der Waals surface area contributed by atoms with E-state index in [9.17, 15) is 9.59 Å². The number of hydrogen-bond acceptors (Lipinski definition) is 3. The predicted octanol–water partition coefficient (Wildman–Crippen LogP) is 2.37. The Hall–Kier alpha value is -2.66. The van der Waals surface area contributed by atoms with Crippen molar-refractivity contribution >= 4 is 11.8 Å². The monoisotopic (exact) mass is 351 g/mol. The summed E-state index contributed by atoms with van der Waals surface area (Å²) >= 11 is 0. The van der Waals surface area contributed by atoms with Gasteiger partial charge in [0.1, 0.15) is 6.04 Å². The predicted molar refractivity (Wildman–Crippen MR) is 102 cm³/mol. The highest BCUT2D eigenvalue weighted by Gasteiger charge is 2.26. The molecule has 0 aliphatic carbocycles. The molecule has 5 heteroatoms. The van der Waals surface area contributed by atoms with E-state index in [4.69, 9.17) is 5.73 Å². The first kappa shape index (κ1) is 18.1. The van der Waals surface area contributed by atoms with Gasteiger partial charge >= 0.3 is 0 Å². The molecule has 1 saturated heterocycles. The summed E-state index contributed by atoms with van der Waals surface area (Å²) in [6, 6.07) is 16.4. The minimum atomic E-state index is -0.657. The van der Waals surface area contributed by atoms with E-state index in [1.165, 1.54) is 0 Å². The fourth-order valence-electron chi connectivity index (χ4n) is 3.30. The third-order valence-electron chi connectivity index (χ3n) is 4.78. The van der Waals surface area contributed by atoms with Gasteiger partial charge < -0.3 is 15.5 Å². The molecule has 1 aliphatic rings. The standard InChI is InChI=1S/C21H25N3O2/c1-16-7-5-10-18(15-16)20(25)23-11-6-12-24(14-13-23)21(26)19(22)17-8-3-2-4-9-17/h2-5,7-10,15,19H,6,11-14,22H2,1H3. The normalized spacial score (nSPS) is 16.1. The van der Waals surface area contributed by atoms with E-state index in [-0.39, 0.29) is 11.8 Å². The van der Waals surface area contributed by atoms with Gasteiger partial charge in [0.15, 0.2) is 0 Å². The zero-order valence-corrected chi connectivity index (χ0v) is 15.1. The molecule has 1 atom stereocenters. The fraction of sp³-hybridized carbons (Fsp3) is 0.333. The van der Waals surface area contributed by atoms with Crippen LogP contribution in [0.25, 0.3) is 0 Å². The van der Waals surface area contributed by atoms with E-state index in [2.05, 4.69) is 0 Å². The van der Waals surface area contributed by atoms with Crippen molar-refractivity contribution in [1.29, 1.82) is 0 Å². The van der Waals surface area contributed by atoms with Gasteiger partial charge in [0.05, 0.1) is 0 Å². The summed E-state index contributed by atoms with van der Waals surface area (Å²) in [7, 11) is 0. The van der Waals surface area contributed by atoms with Crippen LogP contribution in [0.4, 0.5) is 0 Å². The van der Waals surface area contributed by atoms with E-state index in [1.54, 1.807) is 4.90 Å². The lowest BCUT2D eigenvalue weighted by Gasteiger charge is -2.25. The fourth-order valence-corrected chi connectivity index (χ4v) is 3.30. The molecule has 0 radical (unpaired) electrons. The highest BCUT2D eigenvalue weighted by atomic mass is 16.2. The van der Waals surface area contributed by atoms with Crippen LogP contribution in [0.3, 0.4) is 0 Å². The van der Waals surface area contributed by atoms with Gasteiger partial charge in [0.25, 0.3) is 5.91 Å². The number of carbonyl (C=O) groups excluding carboxylic acids is 2. The molecule has 136 valence electrons. The largest absolute Gasteiger partial charge is 0.339 e. The molecule has 2 N–H and O–H groups in total. The number of carbonyl (C=O) groups is 2.